The molecule has 5 aromatic rings. The van der Waals surface area contributed by atoms with E-state index < -0.39 is 5.51 Å². The minimum atomic E-state index is -4.32. The molecule has 0 fully saturated rings. The number of benzene rings is 4. The van der Waals surface area contributed by atoms with Crippen LogP contribution in [-0.4, -0.2) is 26.4 Å². The molecule has 0 unspecified atom stereocenters. The number of para-hydroxylation sites is 1. The Kier molecular flexibility index (Phi) is 7.29. The molecule has 0 saturated heterocycles. The van der Waals surface area contributed by atoms with Crippen molar-refractivity contribution in [2.45, 2.75) is 17.3 Å². The van der Waals surface area contributed by atoms with Gasteiger partial charge in [-0.2, -0.15) is 18.3 Å². The zero-order chi connectivity index (χ0) is 26.9. The van der Waals surface area contributed by atoms with Crippen LogP contribution in [0.4, 0.5) is 18.9 Å². The van der Waals surface area contributed by atoms with Crippen molar-refractivity contribution in [3.8, 4) is 5.69 Å². The molecule has 5 nitrogen and oxygen atoms in total. The van der Waals surface area contributed by atoms with Gasteiger partial charge in [0, 0.05) is 16.0 Å². The molecule has 0 bridgehead atoms. The van der Waals surface area contributed by atoms with Gasteiger partial charge in [-0.1, -0.05) is 41.9 Å². The van der Waals surface area contributed by atoms with Crippen molar-refractivity contribution < 1.29 is 13.2 Å². The largest absolute Gasteiger partial charge is 0.446 e. The van der Waals surface area contributed by atoms with Crippen molar-refractivity contribution in [1.29, 1.82) is 0 Å². The minimum Gasteiger partial charge on any atom is -0.330 e. The van der Waals surface area contributed by atoms with E-state index in [0.29, 0.717) is 10.1 Å². The third-order valence-corrected chi connectivity index (χ3v) is 6.99. The summed E-state index contributed by atoms with van der Waals surface area (Å²) in [6.45, 7) is 1.93. The predicted octanol–water partition coefficient (Wildman–Crippen LogP) is 8.07. The number of nitrogens with one attached hydrogen (secondary N) is 2. The Balaban J connectivity index is 1.32. The number of rotatable bonds is 5. The summed E-state index contributed by atoms with van der Waals surface area (Å²) >= 11 is 11.4. The molecular formula is C27H19ClF3N5S2. The number of nitrogens with zero attached hydrogens (tertiary/aromatic N) is 3. The Labute approximate surface area is 230 Å². The molecule has 192 valence electrons. The lowest BCUT2D eigenvalue weighted by molar-refractivity contribution is -0.0328. The summed E-state index contributed by atoms with van der Waals surface area (Å²) in [5.41, 5.74) is 3.40. The van der Waals surface area contributed by atoms with Gasteiger partial charge in [0.25, 0.3) is 0 Å². The Bertz CT molecular complexity index is 1660. The third-order valence-electron chi connectivity index (χ3n) is 5.74. The maximum atomic E-state index is 12.6. The normalized spacial score (nSPS) is 11.9. The van der Waals surface area contributed by atoms with Crippen LogP contribution in [0.25, 0.3) is 27.5 Å². The highest BCUT2D eigenvalue weighted by Crippen LogP contribution is 2.37. The molecule has 0 aliphatic rings. The number of hydrazone groups is 1. The summed E-state index contributed by atoms with van der Waals surface area (Å²) in [6, 6.07) is 21.6. The molecule has 0 saturated carbocycles. The van der Waals surface area contributed by atoms with E-state index in [9.17, 15) is 13.2 Å². The molecule has 11 heteroatoms. The SMILES string of the molecule is Cc1cccc(Cl)c1NC(=S)NN=Cc1ccc2c(ccc3c2ncn3-c2ccc(SC(F)(F)F)cc2)c1. The molecule has 2 N–H and O–H groups in total. The predicted molar refractivity (Wildman–Crippen MR) is 154 cm³/mol. The van der Waals surface area contributed by atoms with Gasteiger partial charge in [0.15, 0.2) is 5.11 Å². The number of hydrogen-bond donors (Lipinski definition) is 2. The van der Waals surface area contributed by atoms with E-state index in [0.717, 1.165) is 44.3 Å². The van der Waals surface area contributed by atoms with Gasteiger partial charge in [-0.25, -0.2) is 4.98 Å². The molecule has 0 atom stereocenters. The van der Waals surface area contributed by atoms with E-state index in [2.05, 4.69) is 20.8 Å². The molecular weight excluding hydrogens is 551 g/mol. The second-order valence-corrected chi connectivity index (χ2v) is 10.3. The second kappa shape index (κ2) is 10.6. The van der Waals surface area contributed by atoms with Crippen LogP contribution in [0.1, 0.15) is 11.1 Å². The highest BCUT2D eigenvalue weighted by Gasteiger charge is 2.29. The van der Waals surface area contributed by atoms with Gasteiger partial charge in [0.2, 0.25) is 0 Å². The van der Waals surface area contributed by atoms with Gasteiger partial charge in [-0.05, 0) is 89.9 Å². The highest BCUT2D eigenvalue weighted by molar-refractivity contribution is 8.00. The van der Waals surface area contributed by atoms with E-state index in [4.69, 9.17) is 23.8 Å². The standard InChI is InChI=1S/C27H19ClF3N5S2/c1-16-3-2-4-22(28)24(16)34-26(37)35-33-14-17-5-11-21-18(13-17)6-12-23-25(21)32-15-36(23)19-7-9-20(10-8-19)38-27(29,30)31/h2-15H,1H3,(H2,34,35,37). The van der Waals surface area contributed by atoms with Gasteiger partial charge in [0.05, 0.1) is 28.0 Å². The number of imidazole rings is 1. The van der Waals surface area contributed by atoms with Crippen LogP contribution in [0, 0.1) is 6.92 Å². The molecule has 4 aromatic carbocycles. The van der Waals surface area contributed by atoms with Crippen molar-refractivity contribution in [1.82, 2.24) is 15.0 Å². The molecule has 0 amide bonds. The van der Waals surface area contributed by atoms with Crippen LogP contribution < -0.4 is 10.7 Å². The number of thiocarbonyl (C=S) groups is 1. The Morgan fingerprint density at radius 3 is 2.61 bits per heavy atom. The van der Waals surface area contributed by atoms with Gasteiger partial charge in [-0.15, -0.1) is 0 Å². The first-order valence-corrected chi connectivity index (χ1v) is 12.9. The van der Waals surface area contributed by atoms with Crippen LogP contribution >= 0.6 is 35.6 Å². The van der Waals surface area contributed by atoms with E-state index >= 15 is 0 Å². The quantitative estimate of drug-likeness (QED) is 0.0970. The molecule has 38 heavy (non-hydrogen) atoms. The number of hydrogen-bond acceptors (Lipinski definition) is 4. The Hall–Kier alpha value is -3.60. The molecule has 0 radical (unpaired) electrons. The van der Waals surface area contributed by atoms with Crippen molar-refractivity contribution >= 4 is 74.4 Å². The van der Waals surface area contributed by atoms with E-state index in [1.165, 1.54) is 12.1 Å². The number of anilines is 1. The average molecular weight is 570 g/mol. The number of alkyl halides is 3. The van der Waals surface area contributed by atoms with Gasteiger partial charge in [0.1, 0.15) is 6.33 Å². The molecule has 5 rings (SSSR count). The zero-order valence-electron chi connectivity index (χ0n) is 19.8. The number of aryl methyl sites for hydroxylation is 1. The van der Waals surface area contributed by atoms with Crippen LogP contribution in [0.3, 0.4) is 0 Å². The monoisotopic (exact) mass is 569 g/mol. The fourth-order valence-electron chi connectivity index (χ4n) is 4.02. The van der Waals surface area contributed by atoms with Crippen LogP contribution in [-0.2, 0) is 0 Å². The van der Waals surface area contributed by atoms with Crippen molar-refractivity contribution in [3.63, 3.8) is 0 Å². The molecule has 0 aliphatic heterocycles. The Morgan fingerprint density at radius 1 is 1.08 bits per heavy atom. The fourth-order valence-corrected chi connectivity index (χ4v) is 4.98. The molecule has 1 heterocycles. The Morgan fingerprint density at radius 2 is 1.87 bits per heavy atom. The minimum absolute atomic E-state index is 0.134. The molecule has 1 aromatic heterocycles. The van der Waals surface area contributed by atoms with Crippen molar-refractivity contribution in [2.24, 2.45) is 5.10 Å². The number of halogens is 4. The molecule has 0 aliphatic carbocycles. The van der Waals surface area contributed by atoms with E-state index in [-0.39, 0.29) is 16.7 Å². The summed E-state index contributed by atoms with van der Waals surface area (Å²) in [5, 5.41) is 10.1. The second-order valence-electron chi connectivity index (χ2n) is 8.33. The maximum Gasteiger partial charge on any atom is 0.446 e. The summed E-state index contributed by atoms with van der Waals surface area (Å²) < 4.78 is 39.8. The first kappa shape index (κ1) is 26.0. The molecule has 0 spiro atoms. The van der Waals surface area contributed by atoms with Gasteiger partial charge < -0.3 is 5.32 Å². The number of fused-ring (bicyclic) bond motifs is 3. The lowest BCUT2D eigenvalue weighted by atomic mass is 10.1. The van der Waals surface area contributed by atoms with Crippen LogP contribution in [0.2, 0.25) is 5.02 Å². The highest BCUT2D eigenvalue weighted by atomic mass is 35.5. The average Bonchev–Trinajstić information content (AvgIpc) is 3.30. The summed E-state index contributed by atoms with van der Waals surface area (Å²) in [5.74, 6) is 0. The summed E-state index contributed by atoms with van der Waals surface area (Å²) in [4.78, 5) is 4.70. The first-order valence-electron chi connectivity index (χ1n) is 11.3. The van der Waals surface area contributed by atoms with E-state index in [1.54, 1.807) is 30.7 Å². The van der Waals surface area contributed by atoms with Crippen LogP contribution in [0.5, 0.6) is 0 Å². The van der Waals surface area contributed by atoms with Crippen molar-refractivity contribution in [3.05, 3.63) is 95.3 Å². The number of aromatic nitrogens is 2. The lowest BCUT2D eigenvalue weighted by Crippen LogP contribution is -2.24. The fraction of sp³-hybridized carbons (Fsp3) is 0.0741. The smallest absolute Gasteiger partial charge is 0.330 e. The van der Waals surface area contributed by atoms with Crippen molar-refractivity contribution in [2.75, 3.05) is 5.32 Å². The maximum absolute atomic E-state index is 12.6. The number of thioether (sulfide) groups is 1. The first-order chi connectivity index (χ1) is 18.2. The van der Waals surface area contributed by atoms with Crippen LogP contribution in [0.15, 0.2) is 89.1 Å². The zero-order valence-corrected chi connectivity index (χ0v) is 22.1. The topological polar surface area (TPSA) is 54.2 Å². The van der Waals surface area contributed by atoms with E-state index in [1.807, 2.05) is 54.0 Å². The third kappa shape index (κ3) is 5.77. The lowest BCUT2D eigenvalue weighted by Gasteiger charge is -2.11. The van der Waals surface area contributed by atoms with Gasteiger partial charge >= 0.3 is 5.51 Å². The summed E-state index contributed by atoms with van der Waals surface area (Å²) in [7, 11) is 0. The van der Waals surface area contributed by atoms with Gasteiger partial charge in [-0.3, -0.25) is 9.99 Å². The summed E-state index contributed by atoms with van der Waals surface area (Å²) in [6.07, 6.45) is 3.33.